The summed E-state index contributed by atoms with van der Waals surface area (Å²) in [6.45, 7) is 9.82. The van der Waals surface area contributed by atoms with Crippen LogP contribution in [0.4, 0.5) is 4.79 Å². The highest BCUT2D eigenvalue weighted by Crippen LogP contribution is 2.65. The number of amides is 5. The summed E-state index contributed by atoms with van der Waals surface area (Å²) >= 11 is 0. The van der Waals surface area contributed by atoms with Gasteiger partial charge in [-0.3, -0.25) is 19.2 Å². The first-order valence-electron chi connectivity index (χ1n) is 17.1. The summed E-state index contributed by atoms with van der Waals surface area (Å²) in [7, 11) is -3.66. The highest BCUT2D eigenvalue weighted by molar-refractivity contribution is 7.90. The van der Waals surface area contributed by atoms with Gasteiger partial charge < -0.3 is 31.0 Å². The number of fused-ring (bicyclic) bond motifs is 1. The number of nitrogens with zero attached hydrogens (tertiary/aromatic N) is 1. The summed E-state index contributed by atoms with van der Waals surface area (Å²) in [6, 6.07) is -0.429. The van der Waals surface area contributed by atoms with E-state index >= 15 is 0 Å². The van der Waals surface area contributed by atoms with Crippen LogP contribution in [0, 0.1) is 28.6 Å². The molecule has 3 saturated carbocycles. The third-order valence-corrected chi connectivity index (χ3v) is 12.6. The first-order valence-corrected chi connectivity index (χ1v) is 18.9. The molecule has 14 heteroatoms. The molecule has 266 valence electrons. The molecule has 5 N–H and O–H groups in total. The second-order valence-electron chi connectivity index (χ2n) is 16.2. The van der Waals surface area contributed by atoms with Crippen molar-refractivity contribution < 1.29 is 36.8 Å². The molecule has 0 bridgehead atoms. The van der Waals surface area contributed by atoms with Gasteiger partial charge in [0.05, 0.1) is 23.6 Å². The number of hydrogen-bond donors (Lipinski definition) is 4. The van der Waals surface area contributed by atoms with Crippen LogP contribution in [0.15, 0.2) is 22.8 Å². The molecule has 5 atom stereocenters. The molecule has 1 aromatic heterocycles. The van der Waals surface area contributed by atoms with Crippen molar-refractivity contribution in [3.8, 4) is 0 Å². The number of piperidine rings is 1. The van der Waals surface area contributed by atoms with Gasteiger partial charge in [-0.2, -0.15) is 0 Å². The Hall–Kier alpha value is -3.42. The third-order valence-electron chi connectivity index (χ3n) is 10.9. The van der Waals surface area contributed by atoms with E-state index in [2.05, 4.69) is 16.0 Å². The monoisotopic (exact) mass is 689 g/mol. The molecule has 1 aliphatic heterocycles. The number of nitrogens with one attached hydrogen (secondary N) is 3. The van der Waals surface area contributed by atoms with E-state index in [0.29, 0.717) is 31.6 Å². The van der Waals surface area contributed by atoms with Crippen LogP contribution >= 0.6 is 0 Å². The summed E-state index contributed by atoms with van der Waals surface area (Å²) in [4.78, 5) is 67.9. The van der Waals surface area contributed by atoms with Crippen molar-refractivity contribution in [3.05, 3.63) is 24.2 Å². The maximum absolute atomic E-state index is 14.4. The lowest BCUT2D eigenvalue weighted by Gasteiger charge is -2.40. The largest absolute Gasteiger partial charge is 0.468 e. The van der Waals surface area contributed by atoms with Crippen molar-refractivity contribution in [2.45, 2.75) is 115 Å². The fraction of sp³-hybridized carbons (Fsp3) is 0.735. The average molecular weight is 690 g/mol. The van der Waals surface area contributed by atoms with Gasteiger partial charge in [0.2, 0.25) is 17.6 Å². The summed E-state index contributed by atoms with van der Waals surface area (Å²) in [5, 5.41) is 8.58. The number of rotatable bonds is 13. The lowest BCUT2D eigenvalue weighted by atomic mass is 9.83. The van der Waals surface area contributed by atoms with Crippen LogP contribution in [-0.2, 0) is 34.8 Å². The van der Waals surface area contributed by atoms with Gasteiger partial charge >= 0.3 is 6.03 Å². The van der Waals surface area contributed by atoms with Gasteiger partial charge in [0.1, 0.15) is 23.6 Å². The van der Waals surface area contributed by atoms with Crippen LogP contribution in [-0.4, -0.2) is 78.8 Å². The third kappa shape index (κ3) is 7.89. The fourth-order valence-electron chi connectivity index (χ4n) is 8.00. The Bertz CT molecular complexity index is 1520. The molecule has 0 radical (unpaired) electrons. The number of likely N-dealkylation sites (tertiary alicyclic amines) is 1. The Morgan fingerprint density at radius 2 is 1.73 bits per heavy atom. The van der Waals surface area contributed by atoms with E-state index in [-0.39, 0.29) is 34.7 Å². The molecule has 2 heterocycles. The Labute approximate surface area is 282 Å². The van der Waals surface area contributed by atoms with Gasteiger partial charge in [0.25, 0.3) is 5.91 Å². The SMILES string of the molecule is CC(C)(C)[C@H](NC(=O)NC1(CS(=O)(=O)Cc2ccco2)CCCCC1)C(=O)N1CC2[C@@H]([C@H]1C(=O)NC(CC1CC1)C(=O)C(N)=O)C2(C)C. The molecule has 2 unspecified atom stereocenters. The Morgan fingerprint density at radius 1 is 1.06 bits per heavy atom. The van der Waals surface area contributed by atoms with Crippen molar-refractivity contribution in [3.63, 3.8) is 0 Å². The summed E-state index contributed by atoms with van der Waals surface area (Å²) in [5.41, 5.74) is 3.30. The van der Waals surface area contributed by atoms with E-state index in [1.807, 2.05) is 34.6 Å². The molecule has 5 rings (SSSR count). The molecule has 1 aromatic rings. The number of carbonyl (C=O) groups excluding carboxylic acids is 5. The van der Waals surface area contributed by atoms with E-state index in [1.54, 1.807) is 12.1 Å². The van der Waals surface area contributed by atoms with Gasteiger partial charge in [0, 0.05) is 6.54 Å². The van der Waals surface area contributed by atoms with Crippen LogP contribution in [0.3, 0.4) is 0 Å². The second-order valence-corrected chi connectivity index (χ2v) is 18.3. The summed E-state index contributed by atoms with van der Waals surface area (Å²) in [5.74, 6) is -3.03. The van der Waals surface area contributed by atoms with E-state index < -0.39 is 68.5 Å². The Kier molecular flexibility index (Phi) is 9.81. The van der Waals surface area contributed by atoms with Crippen LogP contribution in [0.2, 0.25) is 0 Å². The van der Waals surface area contributed by atoms with Gasteiger partial charge in [-0.25, -0.2) is 13.2 Å². The standard InChI is InChI=1S/C34H51N5O8S/c1-32(2,3)27(37-31(44)38-34(13-7-6-8-14-34)19-48(45,46)18-21-10-9-15-47-21)30(43)39-17-22-24(33(22,4)5)25(39)29(42)36-23(16-20-11-12-20)26(40)28(35)41/h9-10,15,20,22-25,27H,6-8,11-14,16-19H2,1-5H3,(H2,35,41)(H,36,42)(H2,37,38,44)/t22?,23?,24-,25-,27+/m0/s1. The van der Waals surface area contributed by atoms with Gasteiger partial charge in [-0.05, 0) is 60.0 Å². The zero-order valence-corrected chi connectivity index (χ0v) is 29.5. The molecule has 5 amide bonds. The summed E-state index contributed by atoms with van der Waals surface area (Å²) < 4.78 is 31.8. The van der Waals surface area contributed by atoms with E-state index in [0.717, 1.165) is 32.1 Å². The minimum atomic E-state index is -3.66. The molecular weight excluding hydrogens is 638 g/mol. The maximum atomic E-state index is 14.4. The van der Waals surface area contributed by atoms with Crippen molar-refractivity contribution in [1.82, 2.24) is 20.9 Å². The van der Waals surface area contributed by atoms with Crippen LogP contribution in [0.5, 0.6) is 0 Å². The summed E-state index contributed by atoms with van der Waals surface area (Å²) in [6.07, 6.45) is 6.93. The Morgan fingerprint density at radius 3 is 2.29 bits per heavy atom. The van der Waals surface area contributed by atoms with Gasteiger partial charge in [-0.15, -0.1) is 0 Å². The number of furan rings is 1. The first kappa shape index (κ1) is 35.9. The van der Waals surface area contributed by atoms with Crippen LogP contribution in [0.25, 0.3) is 0 Å². The number of Topliss-reactive ketones (excluding diaryl/α,β-unsaturated/α-hetero) is 1. The molecule has 1 saturated heterocycles. The molecule has 0 aromatic carbocycles. The predicted molar refractivity (Wildman–Crippen MR) is 177 cm³/mol. The van der Waals surface area contributed by atoms with Gasteiger partial charge in [0.15, 0.2) is 9.84 Å². The van der Waals surface area contributed by atoms with E-state index in [1.165, 1.54) is 11.2 Å². The molecule has 0 spiro atoms. The molecule has 4 aliphatic rings. The quantitative estimate of drug-likeness (QED) is 0.227. The number of nitrogens with two attached hydrogens (primary N) is 1. The average Bonchev–Trinajstić information content (AvgIpc) is 3.70. The molecule has 3 aliphatic carbocycles. The van der Waals surface area contributed by atoms with Crippen molar-refractivity contribution in [2.75, 3.05) is 12.3 Å². The molecule has 4 fully saturated rings. The number of hydrogen-bond acceptors (Lipinski definition) is 8. The van der Waals surface area contributed by atoms with Crippen molar-refractivity contribution in [2.24, 2.45) is 34.3 Å². The number of primary amides is 1. The predicted octanol–water partition coefficient (Wildman–Crippen LogP) is 2.43. The molecule has 48 heavy (non-hydrogen) atoms. The minimum absolute atomic E-state index is 0.0465. The highest BCUT2D eigenvalue weighted by atomic mass is 32.2. The smallest absolute Gasteiger partial charge is 0.315 e. The zero-order valence-electron chi connectivity index (χ0n) is 28.7. The topological polar surface area (TPSA) is 198 Å². The number of urea groups is 1. The van der Waals surface area contributed by atoms with E-state index in [4.69, 9.17) is 10.2 Å². The zero-order chi connectivity index (χ0) is 35.2. The van der Waals surface area contributed by atoms with Crippen molar-refractivity contribution in [1.29, 1.82) is 0 Å². The van der Waals surface area contributed by atoms with Crippen LogP contribution in [0.1, 0.15) is 91.7 Å². The molecule has 13 nitrogen and oxygen atoms in total. The van der Waals surface area contributed by atoms with E-state index in [9.17, 15) is 32.4 Å². The number of sulfone groups is 1. The lowest BCUT2D eigenvalue weighted by molar-refractivity contribution is -0.145. The number of carbonyl (C=O) groups is 5. The minimum Gasteiger partial charge on any atom is -0.468 e. The Balaban J connectivity index is 1.33. The second kappa shape index (κ2) is 13.1. The molecular formula is C34H51N5O8S. The maximum Gasteiger partial charge on any atom is 0.315 e. The highest BCUT2D eigenvalue weighted by Gasteiger charge is 2.70. The lowest BCUT2D eigenvalue weighted by Crippen LogP contribution is -2.64. The fourth-order valence-corrected chi connectivity index (χ4v) is 9.90. The van der Waals surface area contributed by atoms with Crippen molar-refractivity contribution >= 4 is 39.4 Å². The van der Waals surface area contributed by atoms with Gasteiger partial charge in [-0.1, -0.05) is 66.7 Å². The van der Waals surface area contributed by atoms with Crippen LogP contribution < -0.4 is 21.7 Å². The first-order chi connectivity index (χ1) is 22.3. The number of ketones is 1. The normalized spacial score (nSPS) is 25.7.